The van der Waals surface area contributed by atoms with Crippen LogP contribution >= 0.6 is 0 Å². The maximum absolute atomic E-state index is 5.71. The Morgan fingerprint density at radius 3 is 2.50 bits per heavy atom. The molecular formula is C13H18O. The fourth-order valence-corrected chi connectivity index (χ4v) is 1.15. The van der Waals surface area contributed by atoms with Gasteiger partial charge in [0, 0.05) is 0 Å². The number of rotatable bonds is 5. The molecule has 0 amide bonds. The Morgan fingerprint density at radius 2 is 1.93 bits per heavy atom. The van der Waals surface area contributed by atoms with Crippen LogP contribution in [0.2, 0.25) is 0 Å². The minimum atomic E-state index is 0.229. The highest BCUT2D eigenvalue weighted by Crippen LogP contribution is 2.10. The minimum Gasteiger partial charge on any atom is -0.373 e. The van der Waals surface area contributed by atoms with Crippen molar-refractivity contribution in [2.75, 3.05) is 0 Å². The van der Waals surface area contributed by atoms with Crippen LogP contribution in [0.4, 0.5) is 0 Å². The van der Waals surface area contributed by atoms with Crippen LogP contribution < -0.4 is 0 Å². The second-order valence-electron chi connectivity index (χ2n) is 3.60. The third-order valence-corrected chi connectivity index (χ3v) is 2.47. The average Bonchev–Trinajstić information content (AvgIpc) is 2.26. The monoisotopic (exact) mass is 190 g/mol. The highest BCUT2D eigenvalue weighted by atomic mass is 16.5. The van der Waals surface area contributed by atoms with Gasteiger partial charge in [-0.05, 0) is 18.4 Å². The summed E-state index contributed by atoms with van der Waals surface area (Å²) in [6, 6.07) is 10.2. The standard InChI is InChI=1S/C13H18O/c1-4-11(2)12(3)14-10-13-8-6-5-7-9-13/h4-9,11-12H,1,10H2,2-3H3/t11?,12-/m0/s1. The predicted octanol–water partition coefficient (Wildman–Crippen LogP) is 3.41. The third-order valence-electron chi connectivity index (χ3n) is 2.47. The van der Waals surface area contributed by atoms with Crippen LogP contribution in [0.25, 0.3) is 0 Å². The van der Waals surface area contributed by atoms with Gasteiger partial charge in [0.1, 0.15) is 0 Å². The van der Waals surface area contributed by atoms with Crippen LogP contribution in [0.3, 0.4) is 0 Å². The van der Waals surface area contributed by atoms with Crippen molar-refractivity contribution in [3.8, 4) is 0 Å². The summed E-state index contributed by atoms with van der Waals surface area (Å²) >= 11 is 0. The maximum atomic E-state index is 5.71. The Hall–Kier alpha value is -1.08. The molecule has 14 heavy (non-hydrogen) atoms. The summed E-state index contributed by atoms with van der Waals surface area (Å²) in [5.41, 5.74) is 1.22. The third kappa shape index (κ3) is 3.35. The fraction of sp³-hybridized carbons (Fsp3) is 0.385. The van der Waals surface area contributed by atoms with Gasteiger partial charge in [-0.1, -0.05) is 43.3 Å². The number of hydrogen-bond acceptors (Lipinski definition) is 1. The molecule has 0 saturated carbocycles. The molecule has 0 aromatic heterocycles. The van der Waals surface area contributed by atoms with Gasteiger partial charge in [0.25, 0.3) is 0 Å². The SMILES string of the molecule is C=CC(C)[C@H](C)OCc1ccccc1. The van der Waals surface area contributed by atoms with Crippen molar-refractivity contribution in [2.45, 2.75) is 26.6 Å². The molecule has 1 aromatic carbocycles. The average molecular weight is 190 g/mol. The molecule has 0 heterocycles. The summed E-state index contributed by atoms with van der Waals surface area (Å²) in [4.78, 5) is 0. The second-order valence-corrected chi connectivity index (χ2v) is 3.60. The Bertz CT molecular complexity index is 266. The van der Waals surface area contributed by atoms with Crippen molar-refractivity contribution in [2.24, 2.45) is 5.92 Å². The van der Waals surface area contributed by atoms with Crippen LogP contribution in [0, 0.1) is 5.92 Å². The number of benzene rings is 1. The lowest BCUT2D eigenvalue weighted by Crippen LogP contribution is -2.15. The molecule has 2 atom stereocenters. The first kappa shape index (κ1) is 11.0. The molecule has 0 aliphatic rings. The van der Waals surface area contributed by atoms with E-state index < -0.39 is 0 Å². The normalized spacial score (nSPS) is 14.7. The molecule has 0 fully saturated rings. The quantitative estimate of drug-likeness (QED) is 0.646. The van der Waals surface area contributed by atoms with E-state index in [0.29, 0.717) is 12.5 Å². The summed E-state index contributed by atoms with van der Waals surface area (Å²) < 4.78 is 5.71. The smallest absolute Gasteiger partial charge is 0.0720 e. The van der Waals surface area contributed by atoms with Crippen LogP contribution in [-0.2, 0) is 11.3 Å². The molecule has 0 N–H and O–H groups in total. The summed E-state index contributed by atoms with van der Waals surface area (Å²) in [6.45, 7) is 8.63. The molecular weight excluding hydrogens is 172 g/mol. The summed E-state index contributed by atoms with van der Waals surface area (Å²) in [6.07, 6.45) is 2.16. The van der Waals surface area contributed by atoms with Gasteiger partial charge in [-0.25, -0.2) is 0 Å². The minimum absolute atomic E-state index is 0.229. The largest absolute Gasteiger partial charge is 0.373 e. The first-order valence-corrected chi connectivity index (χ1v) is 5.02. The molecule has 1 heteroatoms. The molecule has 0 spiro atoms. The lowest BCUT2D eigenvalue weighted by atomic mass is 10.1. The van der Waals surface area contributed by atoms with Gasteiger partial charge in [0.2, 0.25) is 0 Å². The summed E-state index contributed by atoms with van der Waals surface area (Å²) in [5.74, 6) is 0.402. The fourth-order valence-electron chi connectivity index (χ4n) is 1.15. The predicted molar refractivity (Wildman–Crippen MR) is 60.1 cm³/mol. The number of ether oxygens (including phenoxy) is 1. The van der Waals surface area contributed by atoms with E-state index in [9.17, 15) is 0 Å². The summed E-state index contributed by atoms with van der Waals surface area (Å²) in [5, 5.41) is 0. The molecule has 0 aliphatic carbocycles. The molecule has 0 bridgehead atoms. The Balaban J connectivity index is 2.37. The van der Waals surface area contributed by atoms with Crippen molar-refractivity contribution in [3.63, 3.8) is 0 Å². The highest BCUT2D eigenvalue weighted by Gasteiger charge is 2.08. The Morgan fingerprint density at radius 1 is 1.29 bits per heavy atom. The molecule has 1 nitrogen and oxygen atoms in total. The molecule has 1 aromatic rings. The van der Waals surface area contributed by atoms with E-state index in [1.54, 1.807) is 0 Å². The van der Waals surface area contributed by atoms with E-state index in [2.05, 4.69) is 32.6 Å². The highest BCUT2D eigenvalue weighted by molar-refractivity contribution is 5.13. The molecule has 0 aliphatic heterocycles. The Labute approximate surface area is 86.4 Å². The van der Waals surface area contributed by atoms with Crippen molar-refractivity contribution in [3.05, 3.63) is 48.6 Å². The molecule has 1 rings (SSSR count). The summed E-state index contributed by atoms with van der Waals surface area (Å²) in [7, 11) is 0. The second kappa shape index (κ2) is 5.61. The first-order chi connectivity index (χ1) is 6.74. The zero-order valence-electron chi connectivity index (χ0n) is 8.94. The van der Waals surface area contributed by atoms with Crippen LogP contribution in [0.15, 0.2) is 43.0 Å². The molecule has 76 valence electrons. The molecule has 0 saturated heterocycles. The zero-order valence-corrected chi connectivity index (χ0v) is 8.94. The zero-order chi connectivity index (χ0) is 10.4. The van der Waals surface area contributed by atoms with Crippen molar-refractivity contribution in [1.82, 2.24) is 0 Å². The number of hydrogen-bond donors (Lipinski definition) is 0. The van der Waals surface area contributed by atoms with Gasteiger partial charge >= 0.3 is 0 Å². The lowest BCUT2D eigenvalue weighted by Gasteiger charge is -2.17. The topological polar surface area (TPSA) is 9.23 Å². The van der Waals surface area contributed by atoms with Crippen molar-refractivity contribution in [1.29, 1.82) is 0 Å². The van der Waals surface area contributed by atoms with Crippen LogP contribution in [-0.4, -0.2) is 6.10 Å². The van der Waals surface area contributed by atoms with Gasteiger partial charge in [0.15, 0.2) is 0 Å². The van der Waals surface area contributed by atoms with Gasteiger partial charge in [-0.2, -0.15) is 0 Å². The van der Waals surface area contributed by atoms with Gasteiger partial charge < -0.3 is 4.74 Å². The van der Waals surface area contributed by atoms with E-state index in [-0.39, 0.29) is 6.10 Å². The van der Waals surface area contributed by atoms with Crippen LogP contribution in [0.5, 0.6) is 0 Å². The van der Waals surface area contributed by atoms with Gasteiger partial charge in [-0.15, -0.1) is 6.58 Å². The van der Waals surface area contributed by atoms with Crippen molar-refractivity contribution >= 4 is 0 Å². The molecule has 1 unspecified atom stereocenters. The van der Waals surface area contributed by atoms with E-state index >= 15 is 0 Å². The van der Waals surface area contributed by atoms with Gasteiger partial charge in [-0.3, -0.25) is 0 Å². The van der Waals surface area contributed by atoms with E-state index in [1.165, 1.54) is 5.56 Å². The van der Waals surface area contributed by atoms with Gasteiger partial charge in [0.05, 0.1) is 12.7 Å². The van der Waals surface area contributed by atoms with E-state index in [0.717, 1.165) is 0 Å². The van der Waals surface area contributed by atoms with E-state index in [1.807, 2.05) is 24.3 Å². The van der Waals surface area contributed by atoms with Crippen LogP contribution in [0.1, 0.15) is 19.4 Å². The lowest BCUT2D eigenvalue weighted by molar-refractivity contribution is 0.0309. The Kier molecular flexibility index (Phi) is 4.41. The maximum Gasteiger partial charge on any atom is 0.0720 e. The van der Waals surface area contributed by atoms with Crippen molar-refractivity contribution < 1.29 is 4.74 Å². The van der Waals surface area contributed by atoms with E-state index in [4.69, 9.17) is 4.74 Å². The molecule has 0 radical (unpaired) electrons. The first-order valence-electron chi connectivity index (χ1n) is 5.02.